The SMILES string of the molecule is O=C(Nc1ccc(N2CC[NH+](Cc3ccccc3)CC2)cc1)c1cccc2cccnc12. The lowest BCUT2D eigenvalue weighted by molar-refractivity contribution is -0.914. The normalized spacial score (nSPS) is 14.4. The van der Waals surface area contributed by atoms with Gasteiger partial charge >= 0.3 is 0 Å². The van der Waals surface area contributed by atoms with Crippen molar-refractivity contribution in [2.24, 2.45) is 0 Å². The van der Waals surface area contributed by atoms with Crippen LogP contribution in [0.15, 0.2) is 91.1 Å². The molecule has 0 spiro atoms. The van der Waals surface area contributed by atoms with Crippen LogP contribution in [-0.2, 0) is 6.54 Å². The van der Waals surface area contributed by atoms with E-state index in [2.05, 4.69) is 57.7 Å². The molecule has 5 heteroatoms. The second-order valence-corrected chi connectivity index (χ2v) is 8.28. The number of nitrogens with one attached hydrogen (secondary N) is 2. The van der Waals surface area contributed by atoms with Crippen molar-refractivity contribution in [3.8, 4) is 0 Å². The van der Waals surface area contributed by atoms with Crippen LogP contribution in [0.1, 0.15) is 15.9 Å². The molecular formula is C27H27N4O+. The molecule has 1 saturated heterocycles. The van der Waals surface area contributed by atoms with Crippen LogP contribution in [0.3, 0.4) is 0 Å². The number of quaternary nitrogens is 1. The molecule has 0 bridgehead atoms. The van der Waals surface area contributed by atoms with E-state index in [9.17, 15) is 4.79 Å². The van der Waals surface area contributed by atoms with Crippen molar-refractivity contribution >= 4 is 28.2 Å². The topological polar surface area (TPSA) is 49.7 Å². The van der Waals surface area contributed by atoms with E-state index in [4.69, 9.17) is 0 Å². The fourth-order valence-corrected chi connectivity index (χ4v) is 4.38. The summed E-state index contributed by atoms with van der Waals surface area (Å²) < 4.78 is 0. The molecule has 1 aliphatic rings. The Morgan fingerprint density at radius 2 is 1.62 bits per heavy atom. The molecule has 3 aromatic carbocycles. The lowest BCUT2D eigenvalue weighted by Crippen LogP contribution is -3.13. The monoisotopic (exact) mass is 423 g/mol. The minimum absolute atomic E-state index is 0.139. The molecule has 1 fully saturated rings. The first-order chi connectivity index (χ1) is 15.8. The molecule has 160 valence electrons. The largest absolute Gasteiger partial charge is 0.360 e. The Morgan fingerprint density at radius 3 is 2.41 bits per heavy atom. The van der Waals surface area contributed by atoms with Gasteiger partial charge in [0.05, 0.1) is 37.3 Å². The van der Waals surface area contributed by atoms with Gasteiger partial charge in [0.25, 0.3) is 5.91 Å². The summed E-state index contributed by atoms with van der Waals surface area (Å²) in [5.41, 5.74) is 4.70. The number of fused-ring (bicyclic) bond motifs is 1. The fourth-order valence-electron chi connectivity index (χ4n) is 4.38. The van der Waals surface area contributed by atoms with Crippen molar-refractivity contribution in [2.75, 3.05) is 36.4 Å². The molecule has 1 aliphatic heterocycles. The van der Waals surface area contributed by atoms with Crippen LogP contribution >= 0.6 is 0 Å². The molecule has 4 aromatic rings. The van der Waals surface area contributed by atoms with Crippen molar-refractivity contribution in [1.29, 1.82) is 0 Å². The van der Waals surface area contributed by atoms with E-state index in [-0.39, 0.29) is 5.91 Å². The zero-order chi connectivity index (χ0) is 21.8. The molecule has 0 saturated carbocycles. The van der Waals surface area contributed by atoms with Crippen LogP contribution in [0.5, 0.6) is 0 Å². The van der Waals surface area contributed by atoms with E-state index >= 15 is 0 Å². The number of pyridine rings is 1. The molecule has 2 N–H and O–H groups in total. The molecule has 5 rings (SSSR count). The van der Waals surface area contributed by atoms with Gasteiger partial charge in [-0.1, -0.05) is 48.5 Å². The van der Waals surface area contributed by atoms with Crippen molar-refractivity contribution in [1.82, 2.24) is 4.98 Å². The number of piperazine rings is 1. The van der Waals surface area contributed by atoms with Crippen molar-refractivity contribution < 1.29 is 9.69 Å². The van der Waals surface area contributed by atoms with Crippen LogP contribution in [0.25, 0.3) is 10.9 Å². The van der Waals surface area contributed by atoms with Crippen molar-refractivity contribution in [3.63, 3.8) is 0 Å². The summed E-state index contributed by atoms with van der Waals surface area (Å²) in [6, 6.07) is 28.4. The molecular weight excluding hydrogens is 396 g/mol. The van der Waals surface area contributed by atoms with Gasteiger partial charge in [-0.3, -0.25) is 9.78 Å². The summed E-state index contributed by atoms with van der Waals surface area (Å²) >= 11 is 0. The highest BCUT2D eigenvalue weighted by molar-refractivity contribution is 6.11. The van der Waals surface area contributed by atoms with Crippen LogP contribution in [-0.4, -0.2) is 37.1 Å². The standard InChI is InChI=1S/C27H26N4O/c32-27(25-10-4-8-22-9-5-15-28-26(22)25)29-23-11-13-24(14-12-23)31-18-16-30(17-19-31)20-21-6-2-1-3-7-21/h1-15H,16-20H2,(H,29,32)/p+1. The first-order valence-corrected chi connectivity index (χ1v) is 11.1. The molecule has 1 amide bonds. The summed E-state index contributed by atoms with van der Waals surface area (Å²) in [4.78, 5) is 21.3. The third-order valence-electron chi connectivity index (χ3n) is 6.14. The molecule has 1 aromatic heterocycles. The number of carbonyl (C=O) groups is 1. The first-order valence-electron chi connectivity index (χ1n) is 11.1. The Bertz CT molecular complexity index is 1190. The van der Waals surface area contributed by atoms with E-state index in [1.54, 1.807) is 11.1 Å². The lowest BCUT2D eigenvalue weighted by atomic mass is 10.1. The maximum atomic E-state index is 12.8. The number of carbonyl (C=O) groups excluding carboxylic acids is 1. The number of aromatic nitrogens is 1. The molecule has 32 heavy (non-hydrogen) atoms. The second-order valence-electron chi connectivity index (χ2n) is 8.28. The van der Waals surface area contributed by atoms with Gasteiger partial charge in [-0.15, -0.1) is 0 Å². The van der Waals surface area contributed by atoms with E-state index in [1.165, 1.54) is 11.3 Å². The number of benzene rings is 3. The van der Waals surface area contributed by atoms with Gasteiger partial charge in [-0.25, -0.2) is 0 Å². The number of para-hydroxylation sites is 1. The van der Waals surface area contributed by atoms with Gasteiger partial charge in [0.2, 0.25) is 0 Å². The summed E-state index contributed by atoms with van der Waals surface area (Å²) in [5, 5.41) is 3.98. The lowest BCUT2D eigenvalue weighted by Gasteiger charge is -2.33. The van der Waals surface area contributed by atoms with Gasteiger partial charge in [-0.2, -0.15) is 0 Å². The first kappa shape index (κ1) is 20.2. The van der Waals surface area contributed by atoms with Crippen LogP contribution < -0.4 is 15.1 Å². The Hall–Kier alpha value is -3.70. The van der Waals surface area contributed by atoms with Crippen LogP contribution in [0.4, 0.5) is 11.4 Å². The zero-order valence-electron chi connectivity index (χ0n) is 18.0. The van der Waals surface area contributed by atoms with Crippen LogP contribution in [0.2, 0.25) is 0 Å². The molecule has 5 nitrogen and oxygen atoms in total. The third-order valence-corrected chi connectivity index (χ3v) is 6.14. The molecule has 0 atom stereocenters. The Kier molecular flexibility index (Phi) is 5.81. The van der Waals surface area contributed by atoms with Crippen molar-refractivity contribution in [2.45, 2.75) is 6.54 Å². The molecule has 0 aliphatic carbocycles. The minimum atomic E-state index is -0.139. The maximum Gasteiger partial charge on any atom is 0.257 e. The number of rotatable bonds is 5. The molecule has 2 heterocycles. The highest BCUT2D eigenvalue weighted by Crippen LogP contribution is 2.21. The summed E-state index contributed by atoms with van der Waals surface area (Å²) in [5.74, 6) is -0.139. The molecule has 0 unspecified atom stereocenters. The highest BCUT2D eigenvalue weighted by atomic mass is 16.1. The average molecular weight is 424 g/mol. The summed E-state index contributed by atoms with van der Waals surface area (Å²) in [6.07, 6.45) is 1.72. The maximum absolute atomic E-state index is 12.8. The number of hydrogen-bond acceptors (Lipinski definition) is 3. The predicted octanol–water partition coefficient (Wildman–Crippen LogP) is 3.39. The van der Waals surface area contributed by atoms with Crippen LogP contribution in [0, 0.1) is 0 Å². The number of hydrogen-bond donors (Lipinski definition) is 2. The Morgan fingerprint density at radius 1 is 0.875 bits per heavy atom. The summed E-state index contributed by atoms with van der Waals surface area (Å²) in [6.45, 7) is 5.41. The minimum Gasteiger partial charge on any atom is -0.360 e. The van der Waals surface area contributed by atoms with Gasteiger partial charge in [-0.05, 0) is 36.4 Å². The Balaban J connectivity index is 1.20. The number of nitrogens with zero attached hydrogens (tertiary/aromatic N) is 2. The van der Waals surface area contributed by atoms with E-state index in [1.807, 2.05) is 42.5 Å². The smallest absolute Gasteiger partial charge is 0.257 e. The van der Waals surface area contributed by atoms with Gasteiger partial charge in [0, 0.05) is 28.5 Å². The zero-order valence-corrected chi connectivity index (χ0v) is 18.0. The van der Waals surface area contributed by atoms with E-state index < -0.39 is 0 Å². The van der Waals surface area contributed by atoms with Crippen molar-refractivity contribution in [3.05, 3.63) is 102 Å². The van der Waals surface area contributed by atoms with Gasteiger partial charge in [0.15, 0.2) is 0 Å². The Labute approximate surface area is 188 Å². The summed E-state index contributed by atoms with van der Waals surface area (Å²) in [7, 11) is 0. The average Bonchev–Trinajstić information content (AvgIpc) is 2.85. The van der Waals surface area contributed by atoms with Gasteiger partial charge < -0.3 is 15.1 Å². The second kappa shape index (κ2) is 9.20. The molecule has 0 radical (unpaired) electrons. The third kappa shape index (κ3) is 4.48. The quantitative estimate of drug-likeness (QED) is 0.517. The van der Waals surface area contributed by atoms with E-state index in [0.29, 0.717) is 5.56 Å². The highest BCUT2D eigenvalue weighted by Gasteiger charge is 2.20. The van der Waals surface area contributed by atoms with Gasteiger partial charge in [0.1, 0.15) is 6.54 Å². The number of anilines is 2. The number of amides is 1. The fraction of sp³-hybridized carbons (Fsp3) is 0.185. The van der Waals surface area contributed by atoms with E-state index in [0.717, 1.165) is 49.3 Å². The predicted molar refractivity (Wildman–Crippen MR) is 129 cm³/mol.